The van der Waals surface area contributed by atoms with E-state index in [4.69, 9.17) is 0 Å². The molecule has 29 heavy (non-hydrogen) atoms. The average molecular weight is 398 g/mol. The zero-order chi connectivity index (χ0) is 20.4. The topological polar surface area (TPSA) is 108 Å². The summed E-state index contributed by atoms with van der Waals surface area (Å²) in [5.74, 6) is -1.27. The molecule has 0 radical (unpaired) electrons. The highest BCUT2D eigenvalue weighted by atomic mass is 16.2. The number of nitrogens with zero attached hydrogens (tertiary/aromatic N) is 1. The van der Waals surface area contributed by atoms with Gasteiger partial charge in [0.1, 0.15) is 6.04 Å². The van der Waals surface area contributed by atoms with E-state index in [9.17, 15) is 19.2 Å². The first kappa shape index (κ1) is 19.7. The van der Waals surface area contributed by atoms with Crippen LogP contribution < -0.4 is 16.0 Å². The zero-order valence-corrected chi connectivity index (χ0v) is 16.3. The van der Waals surface area contributed by atoms with E-state index in [-0.39, 0.29) is 18.7 Å². The Hall–Kier alpha value is -2.58. The van der Waals surface area contributed by atoms with Crippen molar-refractivity contribution in [2.24, 2.45) is 5.92 Å². The van der Waals surface area contributed by atoms with Crippen LogP contribution in [0.5, 0.6) is 0 Å². The molecular formula is C21H26N4O4. The van der Waals surface area contributed by atoms with Gasteiger partial charge in [-0.25, -0.2) is 0 Å². The van der Waals surface area contributed by atoms with Crippen LogP contribution in [-0.4, -0.2) is 54.2 Å². The molecule has 0 aromatic heterocycles. The minimum atomic E-state index is -0.931. The van der Waals surface area contributed by atoms with Gasteiger partial charge in [0.15, 0.2) is 0 Å². The minimum Gasteiger partial charge on any atom is -0.317 e. The molecule has 4 amide bonds. The van der Waals surface area contributed by atoms with Gasteiger partial charge in [-0.05, 0) is 62.9 Å². The first-order valence-electron chi connectivity index (χ1n) is 10.3. The summed E-state index contributed by atoms with van der Waals surface area (Å²) in [7, 11) is 0. The molecule has 0 spiro atoms. The Bertz CT molecular complexity index is 845. The molecule has 1 aromatic rings. The van der Waals surface area contributed by atoms with Crippen LogP contribution in [0.4, 0.5) is 0 Å². The van der Waals surface area contributed by atoms with Crippen molar-refractivity contribution in [2.75, 3.05) is 19.6 Å². The van der Waals surface area contributed by atoms with Crippen molar-refractivity contribution < 1.29 is 19.2 Å². The molecule has 0 aliphatic carbocycles. The Labute approximate surface area is 169 Å². The van der Waals surface area contributed by atoms with Crippen molar-refractivity contribution in [2.45, 2.75) is 44.7 Å². The highest BCUT2D eigenvalue weighted by Crippen LogP contribution is 2.30. The van der Waals surface area contributed by atoms with Crippen molar-refractivity contribution >= 4 is 23.6 Å². The predicted molar refractivity (Wildman–Crippen MR) is 105 cm³/mol. The monoisotopic (exact) mass is 398 g/mol. The fraction of sp³-hybridized carbons (Fsp3) is 0.524. The van der Waals surface area contributed by atoms with Crippen molar-refractivity contribution in [1.82, 2.24) is 20.9 Å². The Morgan fingerprint density at radius 1 is 1.03 bits per heavy atom. The number of hydrogen-bond donors (Lipinski definition) is 3. The van der Waals surface area contributed by atoms with E-state index in [0.29, 0.717) is 23.6 Å². The lowest BCUT2D eigenvalue weighted by Gasteiger charge is -2.27. The van der Waals surface area contributed by atoms with Crippen LogP contribution >= 0.6 is 0 Å². The number of rotatable bonds is 5. The summed E-state index contributed by atoms with van der Waals surface area (Å²) < 4.78 is 0. The lowest BCUT2D eigenvalue weighted by molar-refractivity contribution is -0.136. The van der Waals surface area contributed by atoms with Gasteiger partial charge in [-0.15, -0.1) is 0 Å². The molecule has 0 bridgehead atoms. The molecule has 0 saturated carbocycles. The summed E-state index contributed by atoms with van der Waals surface area (Å²) in [5.41, 5.74) is 1.47. The number of amides is 4. The lowest BCUT2D eigenvalue weighted by atomic mass is 9.99. The SMILES string of the molecule is O=C1CCC(N2C(=O)c3cccc(CNCC4CCCNCC4)c3C2=O)C(=O)N1. The van der Waals surface area contributed by atoms with Crippen LogP contribution in [0.2, 0.25) is 0 Å². The molecule has 1 aromatic carbocycles. The number of nitrogens with one attached hydrogen (secondary N) is 3. The second kappa shape index (κ2) is 8.42. The molecule has 3 N–H and O–H groups in total. The van der Waals surface area contributed by atoms with E-state index in [0.717, 1.165) is 36.5 Å². The standard InChI is InChI=1S/C21H26N4O4/c26-17-7-6-16(19(27)24-17)25-20(28)15-5-1-4-14(18(15)21(25)29)12-23-11-13-3-2-9-22-10-8-13/h1,4-5,13,16,22-23H,2-3,6-12H2,(H,24,26,27). The Morgan fingerprint density at radius 3 is 2.72 bits per heavy atom. The molecule has 2 fully saturated rings. The predicted octanol–water partition coefficient (Wildman–Crippen LogP) is 0.567. The molecule has 8 heteroatoms. The van der Waals surface area contributed by atoms with E-state index in [1.807, 2.05) is 6.07 Å². The van der Waals surface area contributed by atoms with Gasteiger partial charge in [-0.1, -0.05) is 12.1 Å². The maximum atomic E-state index is 13.1. The van der Waals surface area contributed by atoms with Crippen LogP contribution in [0.15, 0.2) is 18.2 Å². The Kier molecular flexibility index (Phi) is 5.73. The second-order valence-corrected chi connectivity index (χ2v) is 7.96. The average Bonchev–Trinajstić information content (AvgIpc) is 2.87. The fourth-order valence-corrected chi connectivity index (χ4v) is 4.44. The van der Waals surface area contributed by atoms with Gasteiger partial charge in [0, 0.05) is 13.0 Å². The summed E-state index contributed by atoms with van der Waals surface area (Å²) >= 11 is 0. The molecule has 2 saturated heterocycles. The molecule has 3 aliphatic heterocycles. The highest BCUT2D eigenvalue weighted by molar-refractivity contribution is 6.24. The third-order valence-corrected chi connectivity index (χ3v) is 6.00. The summed E-state index contributed by atoms with van der Waals surface area (Å²) in [6.07, 6.45) is 3.75. The molecule has 3 aliphatic rings. The smallest absolute Gasteiger partial charge is 0.262 e. The quantitative estimate of drug-likeness (QED) is 0.626. The number of carbonyl (C=O) groups excluding carboxylic acids is 4. The largest absolute Gasteiger partial charge is 0.317 e. The van der Waals surface area contributed by atoms with Crippen LogP contribution in [0.25, 0.3) is 0 Å². The number of fused-ring (bicyclic) bond motifs is 1. The summed E-state index contributed by atoms with van der Waals surface area (Å²) in [4.78, 5) is 50.6. The van der Waals surface area contributed by atoms with Crippen molar-refractivity contribution in [3.8, 4) is 0 Å². The molecule has 8 nitrogen and oxygen atoms in total. The van der Waals surface area contributed by atoms with E-state index in [1.165, 1.54) is 12.8 Å². The fourth-order valence-electron chi connectivity index (χ4n) is 4.44. The molecule has 2 atom stereocenters. The van der Waals surface area contributed by atoms with Crippen LogP contribution in [0.3, 0.4) is 0 Å². The third-order valence-electron chi connectivity index (χ3n) is 6.00. The van der Waals surface area contributed by atoms with Crippen molar-refractivity contribution in [3.63, 3.8) is 0 Å². The Morgan fingerprint density at radius 2 is 1.90 bits per heavy atom. The van der Waals surface area contributed by atoms with E-state index in [1.54, 1.807) is 12.1 Å². The molecule has 4 rings (SSSR count). The van der Waals surface area contributed by atoms with Gasteiger partial charge in [0.2, 0.25) is 11.8 Å². The number of benzene rings is 1. The molecular weight excluding hydrogens is 372 g/mol. The van der Waals surface area contributed by atoms with Gasteiger partial charge in [-0.3, -0.25) is 29.4 Å². The number of hydrogen-bond acceptors (Lipinski definition) is 6. The zero-order valence-electron chi connectivity index (χ0n) is 16.3. The number of imide groups is 2. The summed E-state index contributed by atoms with van der Waals surface area (Å²) in [6, 6.07) is 4.31. The van der Waals surface area contributed by atoms with Gasteiger partial charge in [-0.2, -0.15) is 0 Å². The van der Waals surface area contributed by atoms with E-state index in [2.05, 4.69) is 16.0 Å². The van der Waals surface area contributed by atoms with Crippen molar-refractivity contribution in [1.29, 1.82) is 0 Å². The number of carbonyl (C=O) groups is 4. The van der Waals surface area contributed by atoms with Crippen LogP contribution in [0, 0.1) is 5.92 Å². The second-order valence-electron chi connectivity index (χ2n) is 7.96. The first-order valence-corrected chi connectivity index (χ1v) is 10.3. The summed E-state index contributed by atoms with van der Waals surface area (Å²) in [6.45, 7) is 3.45. The van der Waals surface area contributed by atoms with Gasteiger partial charge in [0.05, 0.1) is 11.1 Å². The molecule has 2 unspecified atom stereocenters. The maximum Gasteiger partial charge on any atom is 0.262 e. The maximum absolute atomic E-state index is 13.1. The van der Waals surface area contributed by atoms with Gasteiger partial charge < -0.3 is 10.6 Å². The molecule has 154 valence electrons. The minimum absolute atomic E-state index is 0.120. The van der Waals surface area contributed by atoms with Crippen LogP contribution in [-0.2, 0) is 16.1 Å². The van der Waals surface area contributed by atoms with Crippen molar-refractivity contribution in [3.05, 3.63) is 34.9 Å². The van der Waals surface area contributed by atoms with E-state index < -0.39 is 23.8 Å². The van der Waals surface area contributed by atoms with Gasteiger partial charge in [0.25, 0.3) is 11.8 Å². The lowest BCUT2D eigenvalue weighted by Crippen LogP contribution is -2.54. The first-order chi connectivity index (χ1) is 14.1. The summed E-state index contributed by atoms with van der Waals surface area (Å²) in [5, 5.41) is 9.07. The van der Waals surface area contributed by atoms with Crippen LogP contribution in [0.1, 0.15) is 58.4 Å². The normalized spacial score (nSPS) is 25.0. The third kappa shape index (κ3) is 3.95. The highest BCUT2D eigenvalue weighted by Gasteiger charge is 2.45. The van der Waals surface area contributed by atoms with Gasteiger partial charge >= 0.3 is 0 Å². The Balaban J connectivity index is 1.47. The number of piperidine rings is 1. The molecule has 3 heterocycles. The van der Waals surface area contributed by atoms with E-state index >= 15 is 0 Å².